The van der Waals surface area contributed by atoms with Gasteiger partial charge in [-0.2, -0.15) is 0 Å². The minimum atomic E-state index is -1.28. The summed E-state index contributed by atoms with van der Waals surface area (Å²) in [6.45, 7) is 7.47. The Labute approximate surface area is 162 Å². The molecule has 0 saturated carbocycles. The van der Waals surface area contributed by atoms with Crippen LogP contribution in [0.3, 0.4) is 0 Å². The molecule has 0 radical (unpaired) electrons. The second kappa shape index (κ2) is 6.80. The number of carboxylic acids is 1. The smallest absolute Gasteiger partial charge is 0.341 e. The minimum Gasteiger partial charge on any atom is -0.477 e. The van der Waals surface area contributed by atoms with Crippen LogP contribution in [0, 0.1) is 5.82 Å². The average Bonchev–Trinajstić information content (AvgIpc) is 2.85. The number of aromatic carboxylic acids is 1. The highest BCUT2D eigenvalue weighted by atomic mass is 35.5. The van der Waals surface area contributed by atoms with Crippen LogP contribution in [0.4, 0.5) is 10.1 Å². The summed E-state index contributed by atoms with van der Waals surface area (Å²) in [6.07, 6.45) is 1.98. The van der Waals surface area contributed by atoms with E-state index in [2.05, 4.69) is 19.2 Å². The summed E-state index contributed by atoms with van der Waals surface area (Å²) in [6, 6.07) is 1.66. The van der Waals surface area contributed by atoms with Crippen LogP contribution in [0.5, 0.6) is 0 Å². The van der Waals surface area contributed by atoms with Crippen LogP contribution in [-0.4, -0.2) is 40.8 Å². The van der Waals surface area contributed by atoms with Gasteiger partial charge in [-0.1, -0.05) is 0 Å². The second-order valence-electron chi connectivity index (χ2n) is 7.59. The lowest BCUT2D eigenvalue weighted by molar-refractivity contribution is 0.0694. The van der Waals surface area contributed by atoms with Gasteiger partial charge in [0.05, 0.1) is 11.2 Å². The summed E-state index contributed by atoms with van der Waals surface area (Å²) >= 11 is 0. The lowest BCUT2D eigenvalue weighted by Gasteiger charge is -2.38. The first-order valence-electron chi connectivity index (χ1n) is 8.92. The third kappa shape index (κ3) is 2.99. The maximum Gasteiger partial charge on any atom is 0.341 e. The third-order valence-electron chi connectivity index (χ3n) is 5.42. The molecule has 6 nitrogen and oxygen atoms in total. The fourth-order valence-electron chi connectivity index (χ4n) is 4.50. The molecule has 2 aliphatic heterocycles. The van der Waals surface area contributed by atoms with Crippen molar-refractivity contribution < 1.29 is 14.3 Å². The molecule has 2 aliphatic rings. The molecular formula is C19H23ClFN3O3. The standard InChI is InChI=1S/C19H22FN3O3.ClH/c1-9-6-22(7-10(2)21-9)17-12-4-11(3)23-8-14(19(25)26)18(24)13(16(12)23)5-15(17)20;/h5,8-11,21H,4,6-7H2,1-3H3,(H,25,26);1H. The van der Waals surface area contributed by atoms with Crippen molar-refractivity contribution in [3.8, 4) is 0 Å². The third-order valence-corrected chi connectivity index (χ3v) is 5.42. The van der Waals surface area contributed by atoms with E-state index in [1.165, 1.54) is 12.3 Å². The number of hydrogen-bond donors (Lipinski definition) is 2. The molecule has 4 rings (SSSR count). The van der Waals surface area contributed by atoms with Gasteiger partial charge in [-0.25, -0.2) is 9.18 Å². The fraction of sp³-hybridized carbons (Fsp3) is 0.474. The van der Waals surface area contributed by atoms with Gasteiger partial charge in [0.25, 0.3) is 0 Å². The topological polar surface area (TPSA) is 74.6 Å². The van der Waals surface area contributed by atoms with E-state index in [4.69, 9.17) is 0 Å². The number of piperazine rings is 1. The Morgan fingerprint density at radius 1 is 1.26 bits per heavy atom. The zero-order valence-corrected chi connectivity index (χ0v) is 16.3. The van der Waals surface area contributed by atoms with Crippen LogP contribution in [0.2, 0.25) is 0 Å². The SMILES string of the molecule is CC1CN(c2c(F)cc3c(=O)c(C(=O)O)cn4c3c2CC4C)CC(C)N1.Cl. The predicted octanol–water partition coefficient (Wildman–Crippen LogP) is 2.56. The Morgan fingerprint density at radius 2 is 1.89 bits per heavy atom. The summed E-state index contributed by atoms with van der Waals surface area (Å²) in [7, 11) is 0. The molecule has 0 aliphatic carbocycles. The van der Waals surface area contributed by atoms with Gasteiger partial charge in [0.2, 0.25) is 5.43 Å². The van der Waals surface area contributed by atoms with Gasteiger partial charge in [-0.05, 0) is 33.3 Å². The van der Waals surface area contributed by atoms with Crippen molar-refractivity contribution in [1.29, 1.82) is 0 Å². The molecule has 3 heterocycles. The number of carboxylic acid groups (broad SMARTS) is 1. The Kier molecular flexibility index (Phi) is 4.94. The number of aromatic nitrogens is 1. The summed E-state index contributed by atoms with van der Waals surface area (Å²) in [4.78, 5) is 26.0. The van der Waals surface area contributed by atoms with Crippen molar-refractivity contribution in [3.05, 3.63) is 39.4 Å². The molecule has 0 spiro atoms. The maximum atomic E-state index is 15.1. The number of carbonyl (C=O) groups is 1. The van der Waals surface area contributed by atoms with Crippen molar-refractivity contribution >= 4 is 35.0 Å². The molecule has 1 fully saturated rings. The summed E-state index contributed by atoms with van der Waals surface area (Å²) in [5, 5.41) is 12.9. The van der Waals surface area contributed by atoms with Crippen molar-refractivity contribution in [2.75, 3.05) is 18.0 Å². The largest absolute Gasteiger partial charge is 0.477 e. The van der Waals surface area contributed by atoms with Crippen LogP contribution >= 0.6 is 12.4 Å². The molecule has 0 bridgehead atoms. The molecule has 3 atom stereocenters. The van der Waals surface area contributed by atoms with Crippen molar-refractivity contribution in [2.45, 2.75) is 45.3 Å². The van der Waals surface area contributed by atoms with E-state index in [0.29, 0.717) is 30.7 Å². The number of hydrogen-bond acceptors (Lipinski definition) is 4. The Morgan fingerprint density at radius 3 is 2.48 bits per heavy atom. The van der Waals surface area contributed by atoms with Crippen LogP contribution in [0.1, 0.15) is 42.7 Å². The van der Waals surface area contributed by atoms with E-state index in [-0.39, 0.29) is 41.5 Å². The number of pyridine rings is 1. The van der Waals surface area contributed by atoms with Crippen molar-refractivity contribution in [1.82, 2.24) is 9.88 Å². The van der Waals surface area contributed by atoms with Gasteiger partial charge in [0.15, 0.2) is 0 Å². The molecule has 2 N–H and O–H groups in total. The highest BCUT2D eigenvalue weighted by molar-refractivity contribution is 5.96. The number of nitrogens with one attached hydrogen (secondary N) is 1. The van der Waals surface area contributed by atoms with Gasteiger partial charge >= 0.3 is 5.97 Å². The van der Waals surface area contributed by atoms with E-state index >= 15 is 4.39 Å². The highest BCUT2D eigenvalue weighted by Gasteiger charge is 2.32. The summed E-state index contributed by atoms with van der Waals surface area (Å²) in [5.74, 6) is -1.73. The van der Waals surface area contributed by atoms with Gasteiger partial charge < -0.3 is 19.9 Å². The second-order valence-corrected chi connectivity index (χ2v) is 7.59. The first-order valence-corrected chi connectivity index (χ1v) is 8.92. The zero-order chi connectivity index (χ0) is 18.7. The molecule has 3 unspecified atom stereocenters. The highest BCUT2D eigenvalue weighted by Crippen LogP contribution is 2.40. The molecule has 146 valence electrons. The van der Waals surface area contributed by atoms with Gasteiger partial charge in [0, 0.05) is 48.4 Å². The molecule has 2 aromatic rings. The zero-order valence-electron chi connectivity index (χ0n) is 15.5. The van der Waals surface area contributed by atoms with Crippen LogP contribution in [0.25, 0.3) is 10.9 Å². The first kappa shape index (κ1) is 19.6. The first-order chi connectivity index (χ1) is 12.3. The van der Waals surface area contributed by atoms with Crippen molar-refractivity contribution in [2.24, 2.45) is 0 Å². The fourth-order valence-corrected chi connectivity index (χ4v) is 4.50. The van der Waals surface area contributed by atoms with E-state index in [1.54, 1.807) is 0 Å². The summed E-state index contributed by atoms with van der Waals surface area (Å²) in [5.41, 5.74) is 1.10. The Balaban J connectivity index is 0.00000210. The minimum absolute atomic E-state index is 0. The molecule has 27 heavy (non-hydrogen) atoms. The number of nitrogens with zero attached hydrogens (tertiary/aromatic N) is 2. The van der Waals surface area contributed by atoms with Crippen molar-refractivity contribution in [3.63, 3.8) is 0 Å². The summed E-state index contributed by atoms with van der Waals surface area (Å²) < 4.78 is 16.9. The normalized spacial score (nSPS) is 24.1. The number of benzene rings is 1. The maximum absolute atomic E-state index is 15.1. The van der Waals surface area contributed by atoms with E-state index in [1.807, 2.05) is 16.4 Å². The number of rotatable bonds is 2. The van der Waals surface area contributed by atoms with Gasteiger partial charge in [-0.3, -0.25) is 4.79 Å². The monoisotopic (exact) mass is 395 g/mol. The average molecular weight is 396 g/mol. The lowest BCUT2D eigenvalue weighted by atomic mass is 10.0. The van der Waals surface area contributed by atoms with Crippen LogP contribution in [0.15, 0.2) is 17.1 Å². The van der Waals surface area contributed by atoms with E-state index < -0.39 is 17.2 Å². The van der Waals surface area contributed by atoms with Crippen LogP contribution in [-0.2, 0) is 6.42 Å². The molecular weight excluding hydrogens is 373 g/mol. The Hall–Kier alpha value is -2.12. The molecule has 0 amide bonds. The molecule has 1 aromatic carbocycles. The van der Waals surface area contributed by atoms with Crippen LogP contribution < -0.4 is 15.6 Å². The molecule has 1 aromatic heterocycles. The van der Waals surface area contributed by atoms with E-state index in [9.17, 15) is 14.7 Å². The Bertz CT molecular complexity index is 981. The molecule has 8 heteroatoms. The van der Waals surface area contributed by atoms with Gasteiger partial charge in [0.1, 0.15) is 11.4 Å². The predicted molar refractivity (Wildman–Crippen MR) is 105 cm³/mol. The quantitative estimate of drug-likeness (QED) is 0.817. The molecule has 1 saturated heterocycles. The van der Waals surface area contributed by atoms with Gasteiger partial charge in [-0.15, -0.1) is 12.4 Å². The lowest BCUT2D eigenvalue weighted by Crippen LogP contribution is -2.54. The number of anilines is 1. The number of halogens is 2. The van der Waals surface area contributed by atoms with E-state index in [0.717, 1.165) is 5.56 Å².